The van der Waals surface area contributed by atoms with Gasteiger partial charge in [-0.1, -0.05) is 35.6 Å². The van der Waals surface area contributed by atoms with Crippen LogP contribution in [-0.4, -0.2) is 72.9 Å². The van der Waals surface area contributed by atoms with Crippen LogP contribution in [0.25, 0.3) is 0 Å². The van der Waals surface area contributed by atoms with Crippen LogP contribution >= 0.6 is 22.6 Å². The fourth-order valence-corrected chi connectivity index (χ4v) is 7.11. The zero-order valence-corrected chi connectivity index (χ0v) is 27.5. The molecule has 0 amide bonds. The number of anilines is 4. The molecule has 0 bridgehead atoms. The van der Waals surface area contributed by atoms with Gasteiger partial charge in [0.25, 0.3) is 0 Å². The largest absolute Gasteiger partial charge is 0.374 e. The number of nitrogens with zero attached hydrogens (tertiary/aromatic N) is 6. The molecular weight excluding hydrogens is 651 g/mol. The normalized spacial score (nSPS) is 22.1. The summed E-state index contributed by atoms with van der Waals surface area (Å²) in [5.41, 5.74) is 2.42. The molecule has 10 nitrogen and oxygen atoms in total. The van der Waals surface area contributed by atoms with Crippen LogP contribution in [0.5, 0.6) is 0 Å². The number of fused-ring (bicyclic) bond motifs is 3. The molecule has 3 atom stereocenters. The number of hydrogen-bond acceptors (Lipinski definition) is 10. The fraction of sp³-hybridized carbons (Fsp3) is 0.517. The van der Waals surface area contributed by atoms with E-state index in [4.69, 9.17) is 19.7 Å². The third-order valence-corrected chi connectivity index (χ3v) is 9.49. The number of rotatable bonds is 9. The number of alkyl halides is 1. The van der Waals surface area contributed by atoms with E-state index >= 15 is 0 Å². The van der Waals surface area contributed by atoms with Crippen molar-refractivity contribution in [3.63, 3.8) is 0 Å². The van der Waals surface area contributed by atoms with Crippen molar-refractivity contribution in [1.29, 1.82) is 0 Å². The van der Waals surface area contributed by atoms with Crippen LogP contribution in [0.1, 0.15) is 50.7 Å². The maximum atomic E-state index is 12.4. The van der Waals surface area contributed by atoms with Crippen molar-refractivity contribution < 1.29 is 8.95 Å². The molecule has 5 rings (SSSR count). The van der Waals surface area contributed by atoms with E-state index in [1.807, 2.05) is 31.6 Å². The lowest BCUT2D eigenvalue weighted by molar-refractivity contribution is -0.0893. The number of pyridine rings is 2. The first kappa shape index (κ1) is 30.1. The Morgan fingerprint density at radius 2 is 2.02 bits per heavy atom. The summed E-state index contributed by atoms with van der Waals surface area (Å²) in [5.74, 6) is 2.84. The zero-order valence-electron chi connectivity index (χ0n) is 24.5. The van der Waals surface area contributed by atoms with Crippen molar-refractivity contribution in [1.82, 2.24) is 25.3 Å². The third kappa shape index (κ3) is 6.50. The summed E-state index contributed by atoms with van der Waals surface area (Å²) in [4.78, 5) is 21.3. The quantitative estimate of drug-likeness (QED) is 0.223. The first-order valence-electron chi connectivity index (χ1n) is 13.8. The molecule has 1 fully saturated rings. The summed E-state index contributed by atoms with van der Waals surface area (Å²) in [6.45, 7) is 7.95. The van der Waals surface area contributed by atoms with E-state index < -0.39 is 9.73 Å². The average molecular weight is 691 g/mol. The predicted octanol–water partition coefficient (Wildman–Crippen LogP) is 5.47. The lowest BCUT2D eigenvalue weighted by Gasteiger charge is -2.46. The minimum Gasteiger partial charge on any atom is -0.374 e. The van der Waals surface area contributed by atoms with Crippen molar-refractivity contribution in [2.75, 3.05) is 47.4 Å². The average Bonchev–Trinajstić information content (AvgIpc) is 3.15. The number of ether oxygens (including phenoxy) is 1. The summed E-state index contributed by atoms with van der Waals surface area (Å²) in [6, 6.07) is 7.83. The van der Waals surface area contributed by atoms with Gasteiger partial charge < -0.3 is 20.3 Å². The summed E-state index contributed by atoms with van der Waals surface area (Å²) >= 11 is 2.44. The van der Waals surface area contributed by atoms with Gasteiger partial charge in [-0.2, -0.15) is 9.35 Å². The first-order valence-corrected chi connectivity index (χ1v) is 17.7. The van der Waals surface area contributed by atoms with E-state index in [0.717, 1.165) is 40.9 Å². The van der Waals surface area contributed by atoms with Crippen LogP contribution in [0, 0.1) is 0 Å². The van der Waals surface area contributed by atoms with Gasteiger partial charge in [-0.05, 0) is 70.0 Å². The Bertz CT molecular complexity index is 1530. The van der Waals surface area contributed by atoms with Crippen LogP contribution in [0.4, 0.5) is 29.1 Å². The van der Waals surface area contributed by atoms with E-state index in [0.29, 0.717) is 30.1 Å². The molecule has 0 saturated carbocycles. The molecule has 0 aliphatic carbocycles. The molecule has 2 aliphatic heterocycles. The van der Waals surface area contributed by atoms with Crippen molar-refractivity contribution >= 4 is 61.4 Å². The molecular formula is C29H39IN8O2S. The first-order chi connectivity index (χ1) is 19.4. The van der Waals surface area contributed by atoms with Gasteiger partial charge >= 0.3 is 0 Å². The summed E-state index contributed by atoms with van der Waals surface area (Å²) in [6.07, 6.45) is 10.7. The van der Waals surface area contributed by atoms with Crippen LogP contribution in [0.3, 0.4) is 0 Å². The molecule has 0 radical (unpaired) electrons. The molecule has 220 valence electrons. The van der Waals surface area contributed by atoms with Crippen LogP contribution in [-0.2, 0) is 19.9 Å². The van der Waals surface area contributed by atoms with Gasteiger partial charge in [0, 0.05) is 50.0 Å². The molecule has 1 unspecified atom stereocenters. The van der Waals surface area contributed by atoms with E-state index in [-0.39, 0.29) is 17.1 Å². The third-order valence-electron chi connectivity index (χ3n) is 7.80. The van der Waals surface area contributed by atoms with Gasteiger partial charge in [-0.3, -0.25) is 4.98 Å². The number of hydrogen-bond donors (Lipinski definition) is 2. The van der Waals surface area contributed by atoms with Crippen molar-refractivity contribution in [3.05, 3.63) is 54.0 Å². The van der Waals surface area contributed by atoms with Crippen LogP contribution in [0.15, 0.2) is 47.2 Å². The van der Waals surface area contributed by atoms with E-state index in [9.17, 15) is 4.21 Å². The van der Waals surface area contributed by atoms with Crippen molar-refractivity contribution in [3.8, 4) is 0 Å². The molecule has 2 N–H and O–H groups in total. The fourth-order valence-electron chi connectivity index (χ4n) is 5.61. The summed E-state index contributed by atoms with van der Waals surface area (Å²) < 4.78 is 24.1. The van der Waals surface area contributed by atoms with E-state index in [1.165, 1.54) is 5.56 Å². The maximum absolute atomic E-state index is 12.4. The van der Waals surface area contributed by atoms with Gasteiger partial charge in [0.05, 0.1) is 30.1 Å². The van der Waals surface area contributed by atoms with Crippen molar-refractivity contribution in [2.45, 2.75) is 56.6 Å². The Morgan fingerprint density at radius 1 is 1.22 bits per heavy atom. The second kappa shape index (κ2) is 11.7. The second-order valence-corrected chi connectivity index (χ2v) is 15.4. The van der Waals surface area contributed by atoms with Crippen LogP contribution in [0.2, 0.25) is 0 Å². The van der Waals surface area contributed by atoms with Gasteiger partial charge in [0.15, 0.2) is 5.82 Å². The molecule has 12 heteroatoms. The summed E-state index contributed by atoms with van der Waals surface area (Å²) in [7, 11) is -0.385. The maximum Gasteiger partial charge on any atom is 0.229 e. The van der Waals surface area contributed by atoms with Crippen molar-refractivity contribution in [2.24, 2.45) is 4.36 Å². The van der Waals surface area contributed by atoms with E-state index in [2.05, 4.69) is 74.3 Å². The lowest BCUT2D eigenvalue weighted by atomic mass is 9.73. The molecule has 3 aromatic rings. The number of nitrogens with one attached hydrogen (secondary N) is 2. The molecule has 2 aliphatic rings. The SMILES string of the molecule is CNCCC(CI)c1cncc(Nc2ncc3c(n2)N(c2cccc(N=S(C)(C)=O)n2)[C@@H]2CC(C)(C)OC[C@]32C)c1. The zero-order chi connectivity index (χ0) is 29.4. The minimum atomic E-state index is -2.36. The molecule has 3 aromatic heterocycles. The smallest absolute Gasteiger partial charge is 0.229 e. The second-order valence-electron chi connectivity index (χ2n) is 12.0. The molecule has 0 spiro atoms. The molecule has 41 heavy (non-hydrogen) atoms. The molecule has 5 heterocycles. The predicted molar refractivity (Wildman–Crippen MR) is 174 cm³/mol. The van der Waals surface area contributed by atoms with E-state index in [1.54, 1.807) is 24.8 Å². The standard InChI is InChI=1S/C29H39IN8O2S/c1-28(2)13-23-29(3,18-40-28)22-17-33-27(34-21-12-20(15-32-16-21)19(14-30)10-11-31-4)36-26(22)38(23)25-9-7-8-24(35-25)37-41(5,6)39/h7-9,12,15-17,19,23,31H,10-11,13-14,18H2,1-6H3,(H,33,34,36)/t19?,23-,29-/m1/s1. The highest BCUT2D eigenvalue weighted by Crippen LogP contribution is 2.53. The monoisotopic (exact) mass is 690 g/mol. The van der Waals surface area contributed by atoms with Gasteiger partial charge in [-0.25, -0.2) is 14.2 Å². The number of halogens is 1. The lowest BCUT2D eigenvalue weighted by Crippen LogP contribution is -2.54. The Hall–Kier alpha value is -2.42. The highest BCUT2D eigenvalue weighted by molar-refractivity contribution is 14.1. The Labute approximate surface area is 256 Å². The Balaban J connectivity index is 1.54. The van der Waals surface area contributed by atoms with Gasteiger partial charge in [0.1, 0.15) is 11.6 Å². The highest BCUT2D eigenvalue weighted by atomic mass is 127. The summed E-state index contributed by atoms with van der Waals surface area (Å²) in [5, 5.41) is 6.64. The van der Waals surface area contributed by atoms with Gasteiger partial charge in [-0.15, -0.1) is 0 Å². The number of aromatic nitrogens is 4. The van der Waals surface area contributed by atoms with Gasteiger partial charge in [0.2, 0.25) is 5.95 Å². The highest BCUT2D eigenvalue weighted by Gasteiger charge is 2.55. The molecule has 1 saturated heterocycles. The van der Waals surface area contributed by atoms with Crippen LogP contribution < -0.4 is 15.5 Å². The topological polar surface area (TPSA) is 118 Å². The minimum absolute atomic E-state index is 0.0442. The Morgan fingerprint density at radius 3 is 2.76 bits per heavy atom. The Kier molecular flexibility index (Phi) is 8.57. The molecule has 0 aromatic carbocycles.